The van der Waals surface area contributed by atoms with Gasteiger partial charge in [-0.05, 0) is 44.4 Å². The van der Waals surface area contributed by atoms with Crippen LogP contribution in [-0.4, -0.2) is 24.2 Å². The Bertz CT molecular complexity index is 655. The van der Waals surface area contributed by atoms with Crippen molar-refractivity contribution in [3.63, 3.8) is 0 Å². The molecule has 0 spiro atoms. The Labute approximate surface area is 125 Å². The van der Waals surface area contributed by atoms with Crippen molar-refractivity contribution >= 4 is 17.6 Å². The van der Waals surface area contributed by atoms with Crippen LogP contribution in [-0.2, 0) is 0 Å². The minimum absolute atomic E-state index is 0.360. The number of hydrazone groups is 1. The Balaban J connectivity index is 2.23. The third-order valence-corrected chi connectivity index (χ3v) is 3.19. The standard InChI is InChI=1S/C17H20N4/c1-12-3-4-15(8-7-14-5-6-14)9-16(12)17(21-19)11-20-10-13(2)18/h3-4,9,11,14,18H,5-6,10,19H2,1-2H3/b18-13?,20-11?,21-17+. The molecule has 0 amide bonds. The molecule has 1 aliphatic carbocycles. The topological polar surface area (TPSA) is 74.6 Å². The lowest BCUT2D eigenvalue weighted by Gasteiger charge is -2.05. The molecule has 1 saturated carbocycles. The molecule has 1 aromatic carbocycles. The average molecular weight is 280 g/mol. The number of aryl methyl sites for hydroxylation is 1. The maximum atomic E-state index is 7.37. The van der Waals surface area contributed by atoms with Gasteiger partial charge in [-0.15, -0.1) is 0 Å². The summed E-state index contributed by atoms with van der Waals surface area (Å²) >= 11 is 0. The maximum Gasteiger partial charge on any atom is 0.108 e. The van der Waals surface area contributed by atoms with Crippen molar-refractivity contribution in [2.24, 2.45) is 21.9 Å². The van der Waals surface area contributed by atoms with Crippen LogP contribution in [0, 0.1) is 30.1 Å². The van der Waals surface area contributed by atoms with Gasteiger partial charge in [0.05, 0.1) is 6.54 Å². The molecule has 1 aromatic rings. The van der Waals surface area contributed by atoms with Crippen LogP contribution in [0.2, 0.25) is 0 Å². The Hall–Kier alpha value is -2.41. The molecule has 21 heavy (non-hydrogen) atoms. The van der Waals surface area contributed by atoms with Gasteiger partial charge in [-0.2, -0.15) is 5.10 Å². The van der Waals surface area contributed by atoms with E-state index >= 15 is 0 Å². The molecule has 108 valence electrons. The first kappa shape index (κ1) is 15.0. The number of benzene rings is 1. The first-order chi connectivity index (χ1) is 10.1. The van der Waals surface area contributed by atoms with E-state index in [4.69, 9.17) is 11.3 Å². The van der Waals surface area contributed by atoms with Gasteiger partial charge in [0.2, 0.25) is 0 Å². The lowest BCUT2D eigenvalue weighted by molar-refractivity contribution is 1.18. The first-order valence-electron chi connectivity index (χ1n) is 7.04. The second-order valence-corrected chi connectivity index (χ2v) is 5.34. The van der Waals surface area contributed by atoms with Crippen molar-refractivity contribution in [3.8, 4) is 11.8 Å². The third-order valence-electron chi connectivity index (χ3n) is 3.19. The lowest BCUT2D eigenvalue weighted by atomic mass is 10.0. The Morgan fingerprint density at radius 2 is 2.24 bits per heavy atom. The van der Waals surface area contributed by atoms with Crippen LogP contribution < -0.4 is 5.84 Å². The summed E-state index contributed by atoms with van der Waals surface area (Å²) in [4.78, 5) is 4.18. The maximum absolute atomic E-state index is 7.37. The van der Waals surface area contributed by atoms with Crippen molar-refractivity contribution in [2.45, 2.75) is 26.7 Å². The number of aliphatic imine (C=N–C) groups is 1. The smallest absolute Gasteiger partial charge is 0.108 e. The van der Waals surface area contributed by atoms with E-state index in [0.29, 0.717) is 23.9 Å². The number of nitrogens with zero attached hydrogens (tertiary/aromatic N) is 2. The van der Waals surface area contributed by atoms with Crippen molar-refractivity contribution in [3.05, 3.63) is 34.9 Å². The monoisotopic (exact) mass is 280 g/mol. The number of hydrogen-bond donors (Lipinski definition) is 2. The Kier molecular flexibility index (Phi) is 4.89. The summed E-state index contributed by atoms with van der Waals surface area (Å²) in [6.07, 6.45) is 4.06. The van der Waals surface area contributed by atoms with E-state index in [2.05, 4.69) is 21.9 Å². The molecule has 0 unspecified atom stereocenters. The molecule has 0 atom stereocenters. The fourth-order valence-corrected chi connectivity index (χ4v) is 1.83. The predicted octanol–water partition coefficient (Wildman–Crippen LogP) is 2.53. The van der Waals surface area contributed by atoms with E-state index in [9.17, 15) is 0 Å². The van der Waals surface area contributed by atoms with Gasteiger partial charge in [0.1, 0.15) is 5.71 Å². The van der Waals surface area contributed by atoms with E-state index in [1.807, 2.05) is 25.1 Å². The zero-order valence-corrected chi connectivity index (χ0v) is 12.5. The second-order valence-electron chi connectivity index (χ2n) is 5.34. The van der Waals surface area contributed by atoms with Crippen LogP contribution in [0.25, 0.3) is 0 Å². The molecule has 0 radical (unpaired) electrons. The lowest BCUT2D eigenvalue weighted by Crippen LogP contribution is -2.09. The molecule has 1 fully saturated rings. The SMILES string of the molecule is CC(=N)CN=C/C(=N\N)c1cc(C#CC2CC2)ccc1C. The molecule has 0 heterocycles. The molecule has 4 nitrogen and oxygen atoms in total. The predicted molar refractivity (Wildman–Crippen MR) is 88.3 cm³/mol. The number of nitrogens with two attached hydrogens (primary N) is 1. The van der Waals surface area contributed by atoms with E-state index in [1.54, 1.807) is 13.1 Å². The van der Waals surface area contributed by atoms with Crippen LogP contribution in [0.5, 0.6) is 0 Å². The van der Waals surface area contributed by atoms with Crippen LogP contribution in [0.1, 0.15) is 36.5 Å². The Morgan fingerprint density at radius 3 is 2.86 bits per heavy atom. The minimum Gasteiger partial charge on any atom is -0.323 e. The molecular formula is C17H20N4. The molecule has 3 N–H and O–H groups in total. The molecule has 0 aromatic heterocycles. The highest BCUT2D eigenvalue weighted by Gasteiger charge is 2.17. The first-order valence-corrected chi connectivity index (χ1v) is 7.04. The summed E-state index contributed by atoms with van der Waals surface area (Å²) in [5, 5.41) is 11.2. The summed E-state index contributed by atoms with van der Waals surface area (Å²) < 4.78 is 0. The van der Waals surface area contributed by atoms with Crippen molar-refractivity contribution in [2.75, 3.05) is 6.54 Å². The van der Waals surface area contributed by atoms with Crippen LogP contribution in [0.3, 0.4) is 0 Å². The number of hydrogen-bond acceptors (Lipinski definition) is 4. The summed E-state index contributed by atoms with van der Waals surface area (Å²) in [5.74, 6) is 12.5. The normalized spacial score (nSPS) is 14.9. The second kappa shape index (κ2) is 6.85. The van der Waals surface area contributed by atoms with E-state index in [-0.39, 0.29) is 0 Å². The fourth-order valence-electron chi connectivity index (χ4n) is 1.83. The molecular weight excluding hydrogens is 260 g/mol. The largest absolute Gasteiger partial charge is 0.323 e. The van der Waals surface area contributed by atoms with E-state index in [0.717, 1.165) is 16.7 Å². The van der Waals surface area contributed by atoms with Crippen LogP contribution >= 0.6 is 0 Å². The van der Waals surface area contributed by atoms with Crippen molar-refractivity contribution in [1.29, 1.82) is 5.41 Å². The van der Waals surface area contributed by atoms with Gasteiger partial charge in [-0.3, -0.25) is 4.99 Å². The molecule has 2 rings (SSSR count). The Morgan fingerprint density at radius 1 is 1.48 bits per heavy atom. The van der Waals surface area contributed by atoms with Gasteiger partial charge in [-0.25, -0.2) is 0 Å². The van der Waals surface area contributed by atoms with E-state index in [1.165, 1.54) is 12.8 Å². The summed E-state index contributed by atoms with van der Waals surface area (Å²) in [5.41, 5.74) is 4.10. The summed E-state index contributed by atoms with van der Waals surface area (Å²) in [6.45, 7) is 4.09. The summed E-state index contributed by atoms with van der Waals surface area (Å²) in [6, 6.07) is 6.04. The fraction of sp³-hybridized carbons (Fsp3) is 0.353. The molecule has 4 heteroatoms. The van der Waals surface area contributed by atoms with Gasteiger partial charge in [-0.1, -0.05) is 17.9 Å². The minimum atomic E-state index is 0.360. The van der Waals surface area contributed by atoms with Crippen LogP contribution in [0.15, 0.2) is 28.3 Å². The van der Waals surface area contributed by atoms with Gasteiger partial charge >= 0.3 is 0 Å². The number of nitrogens with one attached hydrogen (secondary N) is 1. The van der Waals surface area contributed by atoms with Gasteiger partial charge < -0.3 is 11.3 Å². The average Bonchev–Trinajstić information content (AvgIpc) is 3.27. The number of rotatable bonds is 4. The van der Waals surface area contributed by atoms with Crippen LogP contribution in [0.4, 0.5) is 0 Å². The molecule has 0 bridgehead atoms. The summed E-state index contributed by atoms with van der Waals surface area (Å²) in [7, 11) is 0. The van der Waals surface area contributed by atoms with Gasteiger partial charge in [0, 0.05) is 29.0 Å². The highest BCUT2D eigenvalue weighted by Crippen LogP contribution is 2.27. The zero-order valence-electron chi connectivity index (χ0n) is 12.5. The third kappa shape index (κ3) is 4.57. The molecule has 1 aliphatic rings. The molecule has 0 saturated heterocycles. The zero-order chi connectivity index (χ0) is 15.2. The highest BCUT2D eigenvalue weighted by atomic mass is 15.1. The van der Waals surface area contributed by atoms with E-state index < -0.39 is 0 Å². The molecule has 0 aliphatic heterocycles. The van der Waals surface area contributed by atoms with Gasteiger partial charge in [0.15, 0.2) is 0 Å². The van der Waals surface area contributed by atoms with Crippen molar-refractivity contribution < 1.29 is 0 Å². The van der Waals surface area contributed by atoms with Gasteiger partial charge in [0.25, 0.3) is 0 Å². The highest BCUT2D eigenvalue weighted by molar-refractivity contribution is 6.38. The quantitative estimate of drug-likeness (QED) is 0.378. The van der Waals surface area contributed by atoms with Crippen molar-refractivity contribution in [1.82, 2.24) is 0 Å².